The van der Waals surface area contributed by atoms with Gasteiger partial charge in [-0.25, -0.2) is 4.98 Å². The molecule has 6 heterocycles. The molecular weight excluding hydrogens is 518 g/mol. The standard InChI is InChI=1S/C31H41N7O3/c1-20(39)38-17-23-14-24(18-38)29(23)33-28-15-25(32-31(34-28)35-10-4-5-11-35)30(41)37-13-9-26(27(40)19-37)36-12-8-21-6-2-3-7-22(21)16-36/h2-3,6-7,15,23-24,26-27,29,40H,4-5,8-14,16-19H2,1H3,(H,32,33,34)/t23?,24?,26-,27-,29?/m1/s1. The summed E-state index contributed by atoms with van der Waals surface area (Å²) in [5.41, 5.74) is 3.12. The molecule has 0 spiro atoms. The van der Waals surface area contributed by atoms with Gasteiger partial charge in [-0.15, -0.1) is 0 Å². The molecule has 10 heteroatoms. The van der Waals surface area contributed by atoms with E-state index in [-0.39, 0.29) is 23.9 Å². The number of piperidine rings is 3. The Bertz CT molecular complexity index is 1300. The highest BCUT2D eigenvalue weighted by molar-refractivity contribution is 5.93. The Kier molecular flexibility index (Phi) is 7.06. The topological polar surface area (TPSA) is 105 Å². The minimum absolute atomic E-state index is 0.0442. The molecule has 10 nitrogen and oxygen atoms in total. The molecule has 2 unspecified atom stereocenters. The van der Waals surface area contributed by atoms with Crippen molar-refractivity contribution in [3.05, 3.63) is 47.2 Å². The summed E-state index contributed by atoms with van der Waals surface area (Å²) in [6.07, 6.45) is 4.44. The number of aliphatic hydroxyl groups is 1. The van der Waals surface area contributed by atoms with Crippen molar-refractivity contribution in [2.24, 2.45) is 11.8 Å². The number of anilines is 2. The van der Waals surface area contributed by atoms with Crippen LogP contribution in [-0.4, -0.2) is 106 Å². The van der Waals surface area contributed by atoms with Gasteiger partial charge >= 0.3 is 0 Å². The van der Waals surface area contributed by atoms with Crippen LogP contribution in [0.2, 0.25) is 0 Å². The Morgan fingerprint density at radius 3 is 2.44 bits per heavy atom. The van der Waals surface area contributed by atoms with Gasteiger partial charge in [0, 0.05) is 77.4 Å². The summed E-state index contributed by atoms with van der Waals surface area (Å²) < 4.78 is 0. The van der Waals surface area contributed by atoms with Crippen molar-refractivity contribution in [1.82, 2.24) is 24.7 Å². The predicted octanol–water partition coefficient (Wildman–Crippen LogP) is 1.99. The fourth-order valence-electron chi connectivity index (χ4n) is 7.72. The summed E-state index contributed by atoms with van der Waals surface area (Å²) >= 11 is 0. The SMILES string of the molecule is CC(=O)N1CC2CC(C1)C2Nc1cc(C(=O)N2CC[C@@H](N3CCc4ccccc4C3)[C@H](O)C2)nc(N2CCCC2)n1. The number of carbonyl (C=O) groups excluding carboxylic acids is 2. The molecule has 8 rings (SSSR count). The third-order valence-corrected chi connectivity index (χ3v) is 10.1. The largest absolute Gasteiger partial charge is 0.390 e. The number of rotatable bonds is 5. The van der Waals surface area contributed by atoms with Crippen LogP contribution >= 0.6 is 0 Å². The number of nitrogens with one attached hydrogen (secondary N) is 1. The van der Waals surface area contributed by atoms with Gasteiger partial charge in [-0.05, 0) is 55.1 Å². The summed E-state index contributed by atoms with van der Waals surface area (Å²) in [7, 11) is 0. The number of amides is 2. The van der Waals surface area contributed by atoms with Crippen molar-refractivity contribution in [2.45, 2.75) is 63.8 Å². The molecule has 1 saturated carbocycles. The van der Waals surface area contributed by atoms with E-state index in [4.69, 9.17) is 9.97 Å². The van der Waals surface area contributed by atoms with Gasteiger partial charge in [0.1, 0.15) is 11.5 Å². The molecule has 4 atom stereocenters. The minimum Gasteiger partial charge on any atom is -0.390 e. The van der Waals surface area contributed by atoms with Crippen LogP contribution in [0.4, 0.5) is 11.8 Å². The maximum atomic E-state index is 13.8. The smallest absolute Gasteiger partial charge is 0.272 e. The van der Waals surface area contributed by atoms with E-state index in [2.05, 4.69) is 39.4 Å². The van der Waals surface area contributed by atoms with Gasteiger partial charge in [0.15, 0.2) is 0 Å². The van der Waals surface area contributed by atoms with E-state index in [0.717, 1.165) is 71.4 Å². The van der Waals surface area contributed by atoms with Crippen molar-refractivity contribution in [3.8, 4) is 0 Å². The van der Waals surface area contributed by atoms with E-state index in [9.17, 15) is 14.7 Å². The van der Waals surface area contributed by atoms with Crippen molar-refractivity contribution < 1.29 is 14.7 Å². The molecule has 4 saturated heterocycles. The first-order chi connectivity index (χ1) is 19.9. The number of hydrogen-bond acceptors (Lipinski definition) is 8. The number of fused-ring (bicyclic) bond motifs is 3. The van der Waals surface area contributed by atoms with Crippen molar-refractivity contribution in [2.75, 3.05) is 56.0 Å². The third kappa shape index (κ3) is 5.16. The number of likely N-dealkylation sites (tertiary alicyclic amines) is 1. The molecule has 2 N–H and O–H groups in total. The summed E-state index contributed by atoms with van der Waals surface area (Å²) in [4.78, 5) is 43.6. The Hall–Kier alpha value is -3.24. The maximum absolute atomic E-state index is 13.8. The molecule has 6 aliphatic rings. The van der Waals surface area contributed by atoms with Crippen LogP contribution in [0, 0.1) is 11.8 Å². The second-order valence-corrected chi connectivity index (χ2v) is 12.6. The van der Waals surface area contributed by atoms with Crippen molar-refractivity contribution in [3.63, 3.8) is 0 Å². The molecule has 218 valence electrons. The van der Waals surface area contributed by atoms with Gasteiger partial charge in [0.2, 0.25) is 11.9 Å². The average molecular weight is 560 g/mol. The van der Waals surface area contributed by atoms with Crippen molar-refractivity contribution in [1.29, 1.82) is 0 Å². The van der Waals surface area contributed by atoms with Crippen LogP contribution in [0.25, 0.3) is 0 Å². The van der Waals surface area contributed by atoms with Gasteiger partial charge in [0.05, 0.1) is 6.10 Å². The molecule has 0 radical (unpaired) electrons. The molecule has 5 aliphatic heterocycles. The van der Waals surface area contributed by atoms with Crippen LogP contribution in [0.1, 0.15) is 54.2 Å². The summed E-state index contributed by atoms with van der Waals surface area (Å²) in [5.74, 6) is 2.09. The summed E-state index contributed by atoms with van der Waals surface area (Å²) in [5, 5.41) is 14.8. The average Bonchev–Trinajstić information content (AvgIpc) is 3.54. The quantitative estimate of drug-likeness (QED) is 0.573. The zero-order valence-corrected chi connectivity index (χ0v) is 23.9. The summed E-state index contributed by atoms with van der Waals surface area (Å²) in [6, 6.07) is 10.6. The lowest BCUT2D eigenvalue weighted by molar-refractivity contribution is -0.135. The molecule has 2 aromatic rings. The molecule has 1 aromatic carbocycles. The number of nitrogens with zero attached hydrogens (tertiary/aromatic N) is 6. The Morgan fingerprint density at radius 2 is 1.71 bits per heavy atom. The lowest BCUT2D eigenvalue weighted by atomic mass is 9.66. The van der Waals surface area contributed by atoms with E-state index >= 15 is 0 Å². The molecule has 2 amide bonds. The van der Waals surface area contributed by atoms with Crippen LogP contribution in [0.3, 0.4) is 0 Å². The second-order valence-electron chi connectivity index (χ2n) is 12.6. The van der Waals surface area contributed by atoms with E-state index in [0.29, 0.717) is 42.4 Å². The Labute approximate surface area is 241 Å². The van der Waals surface area contributed by atoms with Crippen LogP contribution in [-0.2, 0) is 17.8 Å². The number of benzene rings is 1. The normalized spacial score (nSPS) is 29.6. The Morgan fingerprint density at radius 1 is 0.951 bits per heavy atom. The molecule has 41 heavy (non-hydrogen) atoms. The molecule has 1 aromatic heterocycles. The first kappa shape index (κ1) is 26.6. The predicted molar refractivity (Wildman–Crippen MR) is 156 cm³/mol. The lowest BCUT2D eigenvalue weighted by Crippen LogP contribution is -2.62. The first-order valence-electron chi connectivity index (χ1n) is 15.4. The zero-order valence-electron chi connectivity index (χ0n) is 23.9. The van der Waals surface area contributed by atoms with E-state index < -0.39 is 6.10 Å². The third-order valence-electron chi connectivity index (χ3n) is 10.1. The second kappa shape index (κ2) is 10.9. The summed E-state index contributed by atoms with van der Waals surface area (Å²) in [6.45, 7) is 7.65. The van der Waals surface area contributed by atoms with Crippen molar-refractivity contribution >= 4 is 23.6 Å². The monoisotopic (exact) mass is 559 g/mol. The Balaban J connectivity index is 1.05. The number of carbonyl (C=O) groups is 2. The van der Waals surface area contributed by atoms with Gasteiger partial charge in [0.25, 0.3) is 5.91 Å². The van der Waals surface area contributed by atoms with Gasteiger partial charge < -0.3 is 25.1 Å². The molecule has 1 aliphatic carbocycles. The molecule has 2 bridgehead atoms. The number of β-amino-alcohol motifs (C(OH)–C–C–N with tert-alkyl or cyclic N) is 1. The van der Waals surface area contributed by atoms with E-state index in [1.807, 2.05) is 4.90 Å². The van der Waals surface area contributed by atoms with Gasteiger partial charge in [-0.2, -0.15) is 4.98 Å². The van der Waals surface area contributed by atoms with Gasteiger partial charge in [-0.3, -0.25) is 14.5 Å². The zero-order chi connectivity index (χ0) is 28.1. The molecular formula is C31H41N7O3. The number of hydrogen-bond donors (Lipinski definition) is 2. The van der Waals surface area contributed by atoms with Crippen LogP contribution in [0.5, 0.6) is 0 Å². The fourth-order valence-corrected chi connectivity index (χ4v) is 7.72. The molecule has 5 fully saturated rings. The van der Waals surface area contributed by atoms with Crippen LogP contribution in [0.15, 0.2) is 30.3 Å². The fraction of sp³-hybridized carbons (Fsp3) is 0.613. The van der Waals surface area contributed by atoms with Crippen LogP contribution < -0.4 is 10.2 Å². The number of aliphatic hydroxyl groups excluding tert-OH is 1. The maximum Gasteiger partial charge on any atom is 0.272 e. The van der Waals surface area contributed by atoms with E-state index in [1.54, 1.807) is 17.9 Å². The highest BCUT2D eigenvalue weighted by Crippen LogP contribution is 2.42. The highest BCUT2D eigenvalue weighted by atomic mass is 16.3. The van der Waals surface area contributed by atoms with Gasteiger partial charge in [-0.1, -0.05) is 24.3 Å². The van der Waals surface area contributed by atoms with E-state index in [1.165, 1.54) is 11.1 Å². The first-order valence-corrected chi connectivity index (χ1v) is 15.4. The lowest BCUT2D eigenvalue weighted by Gasteiger charge is -2.53. The highest BCUT2D eigenvalue weighted by Gasteiger charge is 2.47. The number of aromatic nitrogens is 2. The minimum atomic E-state index is -0.603.